The lowest BCUT2D eigenvalue weighted by atomic mass is 9.81. The van der Waals surface area contributed by atoms with E-state index in [4.69, 9.17) is 0 Å². The summed E-state index contributed by atoms with van der Waals surface area (Å²) in [5.74, 6) is 0.731. The lowest BCUT2D eigenvalue weighted by molar-refractivity contribution is -0.118. The quantitative estimate of drug-likeness (QED) is 0.522. The van der Waals surface area contributed by atoms with Crippen molar-refractivity contribution in [1.82, 2.24) is 4.90 Å². The monoisotopic (exact) mass is 239 g/mol. The molecular weight excluding hydrogens is 210 g/mol. The van der Waals surface area contributed by atoms with Crippen LogP contribution in [0.5, 0.6) is 0 Å². The van der Waals surface area contributed by atoms with Gasteiger partial charge < -0.3 is 9.69 Å². The second-order valence-corrected chi connectivity index (χ2v) is 6.10. The highest BCUT2D eigenvalue weighted by Gasteiger charge is 2.31. The van der Waals surface area contributed by atoms with Gasteiger partial charge in [0.15, 0.2) is 0 Å². The van der Waals surface area contributed by atoms with Crippen molar-refractivity contribution in [2.75, 3.05) is 20.1 Å². The number of aldehydes is 1. The molecular formula is C15H29NO. The maximum atomic E-state index is 11.5. The highest BCUT2D eigenvalue weighted by Crippen LogP contribution is 2.33. The van der Waals surface area contributed by atoms with E-state index in [0.29, 0.717) is 0 Å². The van der Waals surface area contributed by atoms with Crippen molar-refractivity contribution in [1.29, 1.82) is 0 Å². The first-order chi connectivity index (χ1) is 8.12. The average molecular weight is 239 g/mol. The van der Waals surface area contributed by atoms with Gasteiger partial charge in [-0.3, -0.25) is 0 Å². The maximum absolute atomic E-state index is 11.5. The minimum absolute atomic E-state index is 0.0429. The number of nitrogens with zero attached hydrogens (tertiary/aromatic N) is 1. The van der Waals surface area contributed by atoms with Gasteiger partial charge in [0.25, 0.3) is 0 Å². The van der Waals surface area contributed by atoms with Gasteiger partial charge in [0, 0.05) is 18.5 Å². The third-order valence-corrected chi connectivity index (χ3v) is 4.25. The molecule has 0 aromatic rings. The fraction of sp³-hybridized carbons (Fsp3) is 0.933. The molecule has 0 spiro atoms. The molecule has 0 amide bonds. The highest BCUT2D eigenvalue weighted by atomic mass is 16.1. The molecule has 2 heteroatoms. The summed E-state index contributed by atoms with van der Waals surface area (Å²) in [4.78, 5) is 13.9. The zero-order valence-corrected chi connectivity index (χ0v) is 11.9. The summed E-state index contributed by atoms with van der Waals surface area (Å²) >= 11 is 0. The number of carbonyl (C=O) groups is 1. The molecule has 1 saturated carbocycles. The lowest BCUT2D eigenvalue weighted by Crippen LogP contribution is -2.38. The first kappa shape index (κ1) is 14.7. The Labute approximate surface area is 107 Å². The number of hydrogen-bond acceptors (Lipinski definition) is 2. The Morgan fingerprint density at radius 3 is 2.29 bits per heavy atom. The van der Waals surface area contributed by atoms with Gasteiger partial charge in [-0.2, -0.15) is 0 Å². The van der Waals surface area contributed by atoms with Gasteiger partial charge in [0.05, 0.1) is 0 Å². The highest BCUT2D eigenvalue weighted by molar-refractivity contribution is 5.59. The fourth-order valence-electron chi connectivity index (χ4n) is 3.01. The molecule has 0 saturated heterocycles. The van der Waals surface area contributed by atoms with Gasteiger partial charge in [-0.15, -0.1) is 0 Å². The van der Waals surface area contributed by atoms with E-state index in [1.807, 2.05) is 0 Å². The summed E-state index contributed by atoms with van der Waals surface area (Å²) in [7, 11) is 2.17. The molecule has 0 radical (unpaired) electrons. The van der Waals surface area contributed by atoms with Crippen LogP contribution in [0.1, 0.15) is 58.8 Å². The molecule has 1 rings (SSSR count). The number of hydrogen-bond donors (Lipinski definition) is 0. The molecule has 1 aliphatic carbocycles. The summed E-state index contributed by atoms with van der Waals surface area (Å²) in [5.41, 5.74) is -0.0429. The van der Waals surface area contributed by atoms with Gasteiger partial charge in [-0.05, 0) is 25.8 Å². The van der Waals surface area contributed by atoms with Crippen molar-refractivity contribution in [3.63, 3.8) is 0 Å². The van der Waals surface area contributed by atoms with Crippen molar-refractivity contribution >= 4 is 6.29 Å². The van der Waals surface area contributed by atoms with E-state index in [2.05, 4.69) is 25.8 Å². The molecule has 0 heterocycles. The van der Waals surface area contributed by atoms with Crippen molar-refractivity contribution < 1.29 is 4.79 Å². The minimum atomic E-state index is -0.0429. The Balaban J connectivity index is 2.51. The molecule has 1 atom stereocenters. The third-order valence-electron chi connectivity index (χ3n) is 4.25. The van der Waals surface area contributed by atoms with E-state index in [1.165, 1.54) is 38.4 Å². The van der Waals surface area contributed by atoms with Crippen LogP contribution in [0, 0.1) is 11.3 Å². The summed E-state index contributed by atoms with van der Waals surface area (Å²) in [6.07, 6.45) is 9.76. The van der Waals surface area contributed by atoms with E-state index in [9.17, 15) is 4.79 Å². The second-order valence-electron chi connectivity index (χ2n) is 6.10. The van der Waals surface area contributed by atoms with Crippen LogP contribution >= 0.6 is 0 Å². The molecule has 100 valence electrons. The van der Waals surface area contributed by atoms with Crippen molar-refractivity contribution in [2.24, 2.45) is 11.3 Å². The molecule has 0 bridgehead atoms. The van der Waals surface area contributed by atoms with E-state index in [0.717, 1.165) is 31.8 Å². The van der Waals surface area contributed by atoms with Gasteiger partial charge in [0.1, 0.15) is 6.29 Å². The van der Waals surface area contributed by atoms with Crippen LogP contribution in [-0.4, -0.2) is 31.3 Å². The molecule has 1 fully saturated rings. The summed E-state index contributed by atoms with van der Waals surface area (Å²) in [6, 6.07) is 0. The third kappa shape index (κ3) is 4.79. The Kier molecular flexibility index (Phi) is 6.18. The SMILES string of the molecule is CCC(C)CN(C)CC1(C=O)CCCCCC1. The van der Waals surface area contributed by atoms with E-state index in [1.54, 1.807) is 0 Å². The van der Waals surface area contributed by atoms with Crippen LogP contribution in [0.25, 0.3) is 0 Å². The molecule has 1 aliphatic rings. The largest absolute Gasteiger partial charge is 0.305 e. The predicted molar refractivity (Wildman–Crippen MR) is 73.2 cm³/mol. The van der Waals surface area contributed by atoms with Crippen molar-refractivity contribution in [3.8, 4) is 0 Å². The molecule has 17 heavy (non-hydrogen) atoms. The standard InChI is InChI=1S/C15H29NO/c1-4-14(2)11-16(3)12-15(13-17)9-7-5-6-8-10-15/h13-14H,4-12H2,1-3H3. The molecule has 0 aromatic carbocycles. The van der Waals surface area contributed by atoms with Gasteiger partial charge in [-0.25, -0.2) is 0 Å². The van der Waals surface area contributed by atoms with Gasteiger partial charge >= 0.3 is 0 Å². The molecule has 0 aliphatic heterocycles. The Hall–Kier alpha value is -0.370. The fourth-order valence-corrected chi connectivity index (χ4v) is 3.01. The summed E-state index contributed by atoms with van der Waals surface area (Å²) < 4.78 is 0. The van der Waals surface area contributed by atoms with Crippen LogP contribution in [-0.2, 0) is 4.79 Å². The number of carbonyl (C=O) groups excluding carboxylic acids is 1. The van der Waals surface area contributed by atoms with E-state index in [-0.39, 0.29) is 5.41 Å². The normalized spacial score (nSPS) is 22.1. The topological polar surface area (TPSA) is 20.3 Å². The Bertz CT molecular complexity index is 219. The van der Waals surface area contributed by atoms with Crippen molar-refractivity contribution in [2.45, 2.75) is 58.8 Å². The zero-order valence-electron chi connectivity index (χ0n) is 11.9. The van der Waals surface area contributed by atoms with Gasteiger partial charge in [0.2, 0.25) is 0 Å². The number of rotatable bonds is 6. The Morgan fingerprint density at radius 2 is 1.82 bits per heavy atom. The van der Waals surface area contributed by atoms with Crippen LogP contribution in [0.3, 0.4) is 0 Å². The van der Waals surface area contributed by atoms with Crippen LogP contribution < -0.4 is 0 Å². The maximum Gasteiger partial charge on any atom is 0.127 e. The smallest absolute Gasteiger partial charge is 0.127 e. The minimum Gasteiger partial charge on any atom is -0.305 e. The first-order valence-corrected chi connectivity index (χ1v) is 7.27. The van der Waals surface area contributed by atoms with E-state index < -0.39 is 0 Å². The van der Waals surface area contributed by atoms with Crippen molar-refractivity contribution in [3.05, 3.63) is 0 Å². The molecule has 0 N–H and O–H groups in total. The first-order valence-electron chi connectivity index (χ1n) is 7.27. The van der Waals surface area contributed by atoms with Crippen LogP contribution in [0.2, 0.25) is 0 Å². The molecule has 0 aromatic heterocycles. The average Bonchev–Trinajstić information content (AvgIpc) is 2.55. The predicted octanol–water partition coefficient (Wildman–Crippen LogP) is 3.50. The lowest BCUT2D eigenvalue weighted by Gasteiger charge is -2.32. The summed E-state index contributed by atoms with van der Waals surface area (Å²) in [5, 5.41) is 0. The van der Waals surface area contributed by atoms with Gasteiger partial charge in [-0.1, -0.05) is 46.0 Å². The zero-order chi connectivity index (χ0) is 12.7. The van der Waals surface area contributed by atoms with Crippen LogP contribution in [0.4, 0.5) is 0 Å². The Morgan fingerprint density at radius 1 is 1.24 bits per heavy atom. The second kappa shape index (κ2) is 7.15. The van der Waals surface area contributed by atoms with Crippen LogP contribution in [0.15, 0.2) is 0 Å². The molecule has 2 nitrogen and oxygen atoms in total. The summed E-state index contributed by atoms with van der Waals surface area (Å²) in [6.45, 7) is 6.60. The molecule has 1 unspecified atom stereocenters. The van der Waals surface area contributed by atoms with E-state index >= 15 is 0 Å².